The van der Waals surface area contributed by atoms with Crippen LogP contribution in [0.1, 0.15) is 17.5 Å². The summed E-state index contributed by atoms with van der Waals surface area (Å²) in [4.78, 5) is 16.6. The van der Waals surface area contributed by atoms with Crippen LogP contribution in [0.25, 0.3) is 0 Å². The van der Waals surface area contributed by atoms with E-state index in [9.17, 15) is 17.6 Å². The monoisotopic (exact) mass is 607 g/mol. The number of carbonyl (C=O) groups is 1. The van der Waals surface area contributed by atoms with Gasteiger partial charge in [0.1, 0.15) is 10.7 Å². The molecule has 0 atom stereocenters. The molecule has 0 unspecified atom stereocenters. The van der Waals surface area contributed by atoms with Crippen molar-refractivity contribution in [1.29, 1.82) is 0 Å². The van der Waals surface area contributed by atoms with Gasteiger partial charge in [-0.1, -0.05) is 70.0 Å². The Morgan fingerprint density at radius 2 is 1.62 bits per heavy atom. The van der Waals surface area contributed by atoms with Gasteiger partial charge in [0.25, 0.3) is 0 Å². The van der Waals surface area contributed by atoms with Crippen molar-refractivity contribution in [1.82, 2.24) is 14.1 Å². The van der Waals surface area contributed by atoms with Gasteiger partial charge in [-0.2, -0.15) is 4.31 Å². The molecule has 0 bridgehead atoms. The van der Waals surface area contributed by atoms with Crippen LogP contribution in [0.2, 0.25) is 5.02 Å². The largest absolute Gasteiger partial charge is 0.340 e. The Balaban J connectivity index is 1.40. The van der Waals surface area contributed by atoms with Crippen molar-refractivity contribution in [2.75, 3.05) is 32.7 Å². The van der Waals surface area contributed by atoms with Crippen LogP contribution >= 0.6 is 27.5 Å². The second kappa shape index (κ2) is 12.5. The van der Waals surface area contributed by atoms with Crippen molar-refractivity contribution in [3.63, 3.8) is 0 Å². The third-order valence-corrected chi connectivity index (χ3v) is 8.98. The molecule has 0 N–H and O–H groups in total. The first-order valence-corrected chi connectivity index (χ1v) is 14.6. The van der Waals surface area contributed by atoms with Gasteiger partial charge in [-0.15, -0.1) is 0 Å². The van der Waals surface area contributed by atoms with E-state index in [4.69, 9.17) is 11.6 Å². The lowest BCUT2D eigenvalue weighted by molar-refractivity contribution is -0.133. The standard InChI is InChI=1S/C27H28BrClFN3O3S/c28-23-8-6-22(7-9-23)19-31-14-16-32(17-15-31)27(34)12-13-33(20-21-4-2-1-3-5-21)37(35,36)26-11-10-24(29)18-25(26)30/h1-11,18H,12-17,19-20H2. The molecule has 10 heteroatoms. The van der Waals surface area contributed by atoms with Gasteiger partial charge in [0.2, 0.25) is 15.9 Å². The molecule has 3 aromatic rings. The van der Waals surface area contributed by atoms with Gasteiger partial charge in [-0.05, 0) is 41.5 Å². The third-order valence-electron chi connectivity index (χ3n) is 6.33. The summed E-state index contributed by atoms with van der Waals surface area (Å²) in [5.74, 6) is -1.04. The van der Waals surface area contributed by atoms with Crippen LogP contribution in [0.4, 0.5) is 4.39 Å². The minimum atomic E-state index is -4.20. The molecule has 6 nitrogen and oxygen atoms in total. The highest BCUT2D eigenvalue weighted by Crippen LogP contribution is 2.24. The van der Waals surface area contributed by atoms with Crippen molar-refractivity contribution in [3.8, 4) is 0 Å². The summed E-state index contributed by atoms with van der Waals surface area (Å²) >= 11 is 9.27. The molecule has 0 saturated carbocycles. The first-order chi connectivity index (χ1) is 17.7. The highest BCUT2D eigenvalue weighted by molar-refractivity contribution is 9.10. The Labute approximate surface area is 230 Å². The summed E-state index contributed by atoms with van der Waals surface area (Å²) in [5, 5.41) is 0.112. The zero-order chi connectivity index (χ0) is 26.4. The van der Waals surface area contributed by atoms with Gasteiger partial charge in [-0.3, -0.25) is 9.69 Å². The maximum Gasteiger partial charge on any atom is 0.246 e. The normalized spacial score (nSPS) is 14.8. The molecule has 1 heterocycles. The average molecular weight is 609 g/mol. The zero-order valence-electron chi connectivity index (χ0n) is 20.2. The molecule has 37 heavy (non-hydrogen) atoms. The summed E-state index contributed by atoms with van der Waals surface area (Å²) in [6, 6.07) is 20.7. The molecule has 1 fully saturated rings. The summed E-state index contributed by atoms with van der Waals surface area (Å²) in [6.07, 6.45) is 0.00792. The van der Waals surface area contributed by atoms with Crippen LogP contribution in [-0.2, 0) is 27.9 Å². The van der Waals surface area contributed by atoms with Gasteiger partial charge < -0.3 is 4.90 Å². The predicted octanol–water partition coefficient (Wildman–Crippen LogP) is 5.17. The van der Waals surface area contributed by atoms with Crippen LogP contribution in [0.15, 0.2) is 82.2 Å². The lowest BCUT2D eigenvalue weighted by Crippen LogP contribution is -2.49. The van der Waals surface area contributed by atoms with E-state index in [1.807, 2.05) is 30.3 Å². The van der Waals surface area contributed by atoms with E-state index in [1.54, 1.807) is 17.0 Å². The molecule has 1 saturated heterocycles. The maximum atomic E-state index is 14.6. The molecule has 1 aliphatic heterocycles. The van der Waals surface area contributed by atoms with Crippen LogP contribution in [0.5, 0.6) is 0 Å². The second-order valence-corrected chi connectivity index (χ2v) is 12.2. The topological polar surface area (TPSA) is 60.9 Å². The molecule has 3 aromatic carbocycles. The number of benzene rings is 3. The summed E-state index contributed by atoms with van der Waals surface area (Å²) in [7, 11) is -4.20. The lowest BCUT2D eigenvalue weighted by atomic mass is 10.2. The van der Waals surface area contributed by atoms with Gasteiger partial charge in [0.15, 0.2) is 0 Å². The third kappa shape index (κ3) is 7.39. The molecule has 0 aliphatic carbocycles. The molecule has 0 spiro atoms. The second-order valence-electron chi connectivity index (χ2n) is 8.93. The van der Waals surface area contributed by atoms with E-state index < -0.39 is 20.7 Å². The number of hydrogen-bond donors (Lipinski definition) is 0. The molecule has 196 valence electrons. The van der Waals surface area contributed by atoms with E-state index in [-0.39, 0.29) is 30.4 Å². The predicted molar refractivity (Wildman–Crippen MR) is 146 cm³/mol. The van der Waals surface area contributed by atoms with Crippen molar-refractivity contribution >= 4 is 43.5 Å². The first-order valence-electron chi connectivity index (χ1n) is 12.0. The van der Waals surface area contributed by atoms with Crippen LogP contribution in [0.3, 0.4) is 0 Å². The minimum absolute atomic E-state index is 0.00792. The van der Waals surface area contributed by atoms with Gasteiger partial charge in [0.05, 0.1) is 0 Å². The smallest absolute Gasteiger partial charge is 0.246 e. The van der Waals surface area contributed by atoms with Crippen LogP contribution < -0.4 is 0 Å². The highest BCUT2D eigenvalue weighted by atomic mass is 79.9. The molecule has 0 aromatic heterocycles. The first kappa shape index (κ1) is 27.7. The Morgan fingerprint density at radius 1 is 0.946 bits per heavy atom. The summed E-state index contributed by atoms with van der Waals surface area (Å²) in [5.41, 5.74) is 1.95. The minimum Gasteiger partial charge on any atom is -0.340 e. The van der Waals surface area contributed by atoms with E-state index in [1.165, 1.54) is 11.6 Å². The van der Waals surface area contributed by atoms with Crippen molar-refractivity contribution in [2.45, 2.75) is 24.4 Å². The molecule has 1 amide bonds. The fourth-order valence-corrected chi connectivity index (χ4v) is 6.17. The Kier molecular flexibility index (Phi) is 9.36. The van der Waals surface area contributed by atoms with Crippen molar-refractivity contribution < 1.29 is 17.6 Å². The van der Waals surface area contributed by atoms with Crippen LogP contribution in [-0.4, -0.2) is 61.2 Å². The number of sulfonamides is 1. The van der Waals surface area contributed by atoms with Gasteiger partial charge >= 0.3 is 0 Å². The lowest BCUT2D eigenvalue weighted by Gasteiger charge is -2.35. The van der Waals surface area contributed by atoms with Crippen molar-refractivity contribution in [3.05, 3.63) is 99.2 Å². The quantitative estimate of drug-likeness (QED) is 0.337. The van der Waals surface area contributed by atoms with E-state index in [0.29, 0.717) is 13.1 Å². The SMILES string of the molecule is O=C(CCN(Cc1ccccc1)S(=O)(=O)c1ccc(Cl)cc1F)N1CCN(Cc2ccc(Br)cc2)CC1. The van der Waals surface area contributed by atoms with Crippen molar-refractivity contribution in [2.24, 2.45) is 0 Å². The molecular weight excluding hydrogens is 581 g/mol. The number of hydrogen-bond acceptors (Lipinski definition) is 4. The van der Waals surface area contributed by atoms with E-state index >= 15 is 0 Å². The average Bonchev–Trinajstić information content (AvgIpc) is 2.88. The Morgan fingerprint density at radius 3 is 2.27 bits per heavy atom. The number of piperazine rings is 1. The van der Waals surface area contributed by atoms with E-state index in [2.05, 4.69) is 33.0 Å². The zero-order valence-corrected chi connectivity index (χ0v) is 23.4. The molecule has 1 aliphatic rings. The van der Waals surface area contributed by atoms with Gasteiger partial charge in [-0.25, -0.2) is 12.8 Å². The number of rotatable bonds is 9. The maximum absolute atomic E-state index is 14.6. The fourth-order valence-electron chi connectivity index (χ4n) is 4.28. The highest BCUT2D eigenvalue weighted by Gasteiger charge is 2.29. The molecule has 4 rings (SSSR count). The van der Waals surface area contributed by atoms with Crippen LogP contribution in [0, 0.1) is 5.82 Å². The molecular formula is C27H28BrClFN3O3S. The fraction of sp³-hybridized carbons (Fsp3) is 0.296. The Hall–Kier alpha value is -2.30. The number of amides is 1. The number of carbonyl (C=O) groups excluding carboxylic acids is 1. The van der Waals surface area contributed by atoms with E-state index in [0.717, 1.165) is 46.1 Å². The number of halogens is 3. The Bertz CT molecular complexity index is 1320. The number of nitrogens with zero attached hydrogens (tertiary/aromatic N) is 3. The van der Waals surface area contributed by atoms with Gasteiger partial charge in [0, 0.05) is 61.7 Å². The summed E-state index contributed by atoms with van der Waals surface area (Å²) < 4.78 is 43.6. The molecule has 0 radical (unpaired) electrons. The summed E-state index contributed by atoms with van der Waals surface area (Å²) in [6.45, 7) is 3.41.